The zero-order valence-electron chi connectivity index (χ0n) is 57.4. The molecule has 17 heteroatoms. The molecule has 0 unspecified atom stereocenters. The summed E-state index contributed by atoms with van der Waals surface area (Å²) in [5.74, 6) is 20.2. The largest absolute Gasteiger partial charge is 0.469 e. The number of nitrogens with two attached hydrogens (primary N) is 3. The van der Waals surface area contributed by atoms with Gasteiger partial charge in [-0.1, -0.05) is 109 Å². The minimum Gasteiger partial charge on any atom is -0.469 e. The zero-order chi connectivity index (χ0) is 69.9. The van der Waals surface area contributed by atoms with E-state index < -0.39 is 0 Å². The molecule has 9 heterocycles. The molecule has 6 aliphatic heterocycles. The summed E-state index contributed by atoms with van der Waals surface area (Å²) < 4.78 is 22.1. The Balaban J connectivity index is 0.000000136. The number of amides is 3. The van der Waals surface area contributed by atoms with Crippen LogP contribution in [0.2, 0.25) is 0 Å². The first kappa shape index (κ1) is 68.5. The number of hydrogen-bond donors (Lipinski definition) is 4. The first-order chi connectivity index (χ1) is 49.3. The van der Waals surface area contributed by atoms with E-state index in [1.807, 2.05) is 106 Å². The number of nitrogens with zero attached hydrogens (tertiary/aromatic N) is 5. The van der Waals surface area contributed by atoms with Crippen molar-refractivity contribution in [1.82, 2.24) is 14.7 Å². The molecule has 15 rings (SSSR count). The number of likely N-dealkylation sites (N-methyl/N-ethyl adjacent to an activating group) is 1. The molecule has 7 N–H and O–H groups in total. The molecule has 0 saturated carbocycles. The molecule has 0 bridgehead atoms. The molecule has 514 valence electrons. The summed E-state index contributed by atoms with van der Waals surface area (Å²) >= 11 is 0. The van der Waals surface area contributed by atoms with Gasteiger partial charge in [0, 0.05) is 142 Å². The first-order valence-corrected chi connectivity index (χ1v) is 35.0. The summed E-state index contributed by atoms with van der Waals surface area (Å²) in [7, 11) is 1.42. The van der Waals surface area contributed by atoms with Crippen LogP contribution in [0.15, 0.2) is 195 Å². The fraction of sp³-hybridized carbons (Fsp3) is 0.310. The molecule has 3 spiro atoms. The quantitative estimate of drug-likeness (QED) is 0.0739. The Morgan fingerprint density at radius 3 is 1.20 bits per heavy atom. The smallest absolute Gasteiger partial charge is 0.307 e. The van der Waals surface area contributed by atoms with Crippen molar-refractivity contribution in [1.29, 1.82) is 0 Å². The summed E-state index contributed by atoms with van der Waals surface area (Å²) in [4.78, 5) is 61.5. The number of carbonyl (C=O) groups excluding carboxylic acids is 4. The number of methoxy groups -OCH3 is 1. The van der Waals surface area contributed by atoms with E-state index in [0.717, 1.165) is 98.2 Å². The molecule has 6 aliphatic rings. The van der Waals surface area contributed by atoms with Crippen LogP contribution in [-0.2, 0) is 45.4 Å². The zero-order valence-corrected chi connectivity index (χ0v) is 57.4. The Labute approximate surface area is 591 Å². The van der Waals surface area contributed by atoms with Gasteiger partial charge in [0.1, 0.15) is 0 Å². The monoisotopic (exact) mass is 1350 g/mol. The van der Waals surface area contributed by atoms with E-state index >= 15 is 0 Å². The fourth-order valence-electron chi connectivity index (χ4n) is 15.1. The predicted molar refractivity (Wildman–Crippen MR) is 392 cm³/mol. The minimum absolute atomic E-state index is 0.0566. The molecule has 3 amide bonds. The highest BCUT2D eigenvalue weighted by Gasteiger charge is 2.48. The maximum Gasteiger partial charge on any atom is 0.307 e. The Morgan fingerprint density at radius 1 is 0.446 bits per heavy atom. The van der Waals surface area contributed by atoms with Crippen LogP contribution in [-0.4, -0.2) is 117 Å². The van der Waals surface area contributed by atoms with Crippen LogP contribution in [0.1, 0.15) is 151 Å². The molecule has 17 nitrogen and oxygen atoms in total. The summed E-state index contributed by atoms with van der Waals surface area (Å²) in [6, 6.07) is 59.0. The number of benzene rings is 6. The van der Waals surface area contributed by atoms with Crippen LogP contribution in [0.5, 0.6) is 0 Å². The normalized spacial score (nSPS) is 16.1. The summed E-state index contributed by atoms with van der Waals surface area (Å²) in [6.45, 7) is 12.2. The molecule has 9 aromatic rings. The van der Waals surface area contributed by atoms with Gasteiger partial charge in [-0.3, -0.25) is 19.2 Å². The van der Waals surface area contributed by atoms with Crippen LogP contribution in [0.3, 0.4) is 0 Å². The van der Waals surface area contributed by atoms with Crippen molar-refractivity contribution in [2.24, 2.45) is 17.2 Å². The SMILES string of the molecule is CCN1CC2(CCN(C(=O)c3ccc(C#Cc4ccccc4)o3)CC2)c2cc(CN)ccc21.COC(=O)CCN1CC2(CCN(C(=O)c3ccc(C#Cc4ccccc4)o3)CC2)c2cc(CN)ccc21.NCc1ccc2c(c1)C1(CCN(C(=O)c3ccc(C#Cc4ccccc4)o3)CC1)CN2. The Hall–Kier alpha value is -11.0. The molecular formula is C84H85N9O8. The highest BCUT2D eigenvalue weighted by Crippen LogP contribution is 2.50. The predicted octanol–water partition coefficient (Wildman–Crippen LogP) is 11.6. The lowest BCUT2D eigenvalue weighted by Gasteiger charge is -2.39. The third kappa shape index (κ3) is 15.1. The number of likely N-dealkylation sites (tertiary alicyclic amines) is 3. The lowest BCUT2D eigenvalue weighted by molar-refractivity contribution is -0.140. The number of nitrogens with one attached hydrogen (secondary N) is 1. The number of esters is 1. The topological polar surface area (TPSA) is 223 Å². The third-order valence-corrected chi connectivity index (χ3v) is 20.9. The van der Waals surface area contributed by atoms with Gasteiger partial charge < -0.3 is 65.0 Å². The van der Waals surface area contributed by atoms with Crippen LogP contribution < -0.4 is 32.3 Å². The molecular weight excluding hydrogens is 1260 g/mol. The van der Waals surface area contributed by atoms with Gasteiger partial charge >= 0.3 is 5.97 Å². The Kier molecular flexibility index (Phi) is 20.8. The summed E-state index contributed by atoms with van der Waals surface area (Å²) in [6.07, 6.45) is 5.73. The Morgan fingerprint density at radius 2 is 0.812 bits per heavy atom. The molecule has 6 aromatic carbocycles. The van der Waals surface area contributed by atoms with E-state index in [1.54, 1.807) is 36.4 Å². The molecule has 0 atom stereocenters. The molecule has 101 heavy (non-hydrogen) atoms. The minimum atomic E-state index is -0.215. The van der Waals surface area contributed by atoms with Crippen molar-refractivity contribution in [2.45, 2.75) is 87.7 Å². The summed E-state index contributed by atoms with van der Waals surface area (Å²) in [5.41, 5.74) is 31.6. The number of anilines is 3. The van der Waals surface area contributed by atoms with Gasteiger partial charge in [-0.25, -0.2) is 0 Å². The maximum atomic E-state index is 13.2. The summed E-state index contributed by atoms with van der Waals surface area (Å²) in [5, 5.41) is 3.54. The van der Waals surface area contributed by atoms with Crippen molar-refractivity contribution in [3.05, 3.63) is 267 Å². The van der Waals surface area contributed by atoms with E-state index in [0.29, 0.717) is 106 Å². The van der Waals surface area contributed by atoms with Crippen LogP contribution in [0.25, 0.3) is 0 Å². The van der Waals surface area contributed by atoms with Gasteiger partial charge in [-0.2, -0.15) is 0 Å². The van der Waals surface area contributed by atoms with Crippen molar-refractivity contribution in [2.75, 3.05) is 94.2 Å². The number of rotatable bonds is 10. The van der Waals surface area contributed by atoms with Gasteiger partial charge in [0.15, 0.2) is 34.6 Å². The molecule has 3 fully saturated rings. The van der Waals surface area contributed by atoms with Crippen molar-refractivity contribution < 1.29 is 37.2 Å². The van der Waals surface area contributed by atoms with Crippen LogP contribution >= 0.6 is 0 Å². The standard InChI is InChI=1S/C30H31N3O4.C28H29N3O2.C26H25N3O2/c1-36-28(34)13-16-33-21-30(25-19-23(20-31)8-11-26(25)33)14-17-32(18-15-30)29(35)27-12-10-24(37-27)9-7-22-5-3-2-4-6-22;1-2-30-20-28(24-18-22(19-29)9-12-25(24)30)14-16-31(17-15-28)27(32)26-13-11-23(33-26)10-8-21-6-4-3-5-7-21;27-17-20-7-10-23-22(16-20)26(18-28-23)12-14-29(15-13-26)25(30)24-11-9-21(31-24)8-6-19-4-2-1-3-5-19/h2-6,8,10-12,19H,13-18,20-21,31H2,1H3;3-7,9,11-13,18H,2,14-17,19-20,29H2,1H3;1-5,7,9-11,16,28H,12-15,17-18,27H2. The fourth-order valence-corrected chi connectivity index (χ4v) is 15.1. The third-order valence-electron chi connectivity index (χ3n) is 20.9. The van der Waals surface area contributed by atoms with Gasteiger partial charge in [0.05, 0.1) is 13.5 Å². The number of carbonyl (C=O) groups is 4. The van der Waals surface area contributed by atoms with Gasteiger partial charge in [-0.15, -0.1) is 0 Å². The average molecular weight is 1350 g/mol. The lowest BCUT2D eigenvalue weighted by atomic mass is 9.74. The molecule has 0 aliphatic carbocycles. The maximum absolute atomic E-state index is 13.2. The van der Waals surface area contributed by atoms with E-state index in [9.17, 15) is 19.2 Å². The first-order valence-electron chi connectivity index (χ1n) is 35.0. The van der Waals surface area contributed by atoms with Crippen LogP contribution in [0.4, 0.5) is 17.1 Å². The number of fused-ring (bicyclic) bond motifs is 6. The number of piperidine rings is 3. The Bertz CT molecular complexity index is 4650. The molecule has 3 aromatic heterocycles. The molecule has 3 saturated heterocycles. The number of furan rings is 3. The number of hydrogen-bond acceptors (Lipinski definition) is 14. The van der Waals surface area contributed by atoms with E-state index in [2.05, 4.69) is 112 Å². The van der Waals surface area contributed by atoms with Gasteiger partial charge in [-0.05, 0) is 188 Å². The molecule has 0 radical (unpaired) electrons. The highest BCUT2D eigenvalue weighted by molar-refractivity contribution is 5.93. The van der Waals surface area contributed by atoms with E-state index in [4.69, 9.17) is 35.2 Å². The number of ether oxygens (including phenoxy) is 1. The average Bonchev–Trinajstić information content (AvgIpc) is 1.62. The van der Waals surface area contributed by atoms with Crippen LogP contribution in [0, 0.1) is 35.5 Å². The van der Waals surface area contributed by atoms with Gasteiger partial charge in [0.25, 0.3) is 17.7 Å². The second-order valence-corrected chi connectivity index (χ2v) is 26.9. The van der Waals surface area contributed by atoms with E-state index in [1.165, 1.54) is 40.7 Å². The highest BCUT2D eigenvalue weighted by atomic mass is 16.5. The van der Waals surface area contributed by atoms with Crippen molar-refractivity contribution >= 4 is 40.8 Å². The van der Waals surface area contributed by atoms with Gasteiger partial charge in [0.2, 0.25) is 0 Å². The van der Waals surface area contributed by atoms with Crippen molar-refractivity contribution in [3.63, 3.8) is 0 Å². The second-order valence-electron chi connectivity index (χ2n) is 26.9. The van der Waals surface area contributed by atoms with Crippen molar-refractivity contribution in [3.8, 4) is 35.5 Å². The lowest BCUT2D eigenvalue weighted by Crippen LogP contribution is -2.47. The second kappa shape index (κ2) is 30.6. The van der Waals surface area contributed by atoms with E-state index in [-0.39, 0.29) is 39.9 Å².